The minimum absolute atomic E-state index is 0.121. The van der Waals surface area contributed by atoms with Crippen molar-refractivity contribution in [1.29, 1.82) is 0 Å². The first kappa shape index (κ1) is 13.6. The standard InChI is InChI=1S/C19H24O/c1-14-8-10-16-11-13-18(20)19(16,2)17(14)12-9-15-6-4-3-5-7-15/h3-7,16-17H,1,8-13H2,2H3/t16-,17+,19+/m1/s1. The maximum atomic E-state index is 12.5. The van der Waals surface area contributed by atoms with E-state index >= 15 is 0 Å². The Balaban J connectivity index is 1.79. The molecule has 3 rings (SSSR count). The highest BCUT2D eigenvalue weighted by Crippen LogP contribution is 2.55. The van der Waals surface area contributed by atoms with Crippen molar-refractivity contribution >= 4 is 5.78 Å². The largest absolute Gasteiger partial charge is 0.299 e. The second-order valence-corrected chi connectivity index (χ2v) is 6.72. The summed E-state index contributed by atoms with van der Waals surface area (Å²) in [5.74, 6) is 1.47. The van der Waals surface area contributed by atoms with Crippen LogP contribution in [0.2, 0.25) is 0 Å². The maximum absolute atomic E-state index is 12.5. The highest BCUT2D eigenvalue weighted by molar-refractivity contribution is 5.88. The molecule has 0 aliphatic heterocycles. The zero-order chi connectivity index (χ0) is 14.2. The molecule has 3 atom stereocenters. The quantitative estimate of drug-likeness (QED) is 0.734. The Morgan fingerprint density at radius 3 is 2.65 bits per heavy atom. The van der Waals surface area contributed by atoms with Crippen molar-refractivity contribution in [2.75, 3.05) is 0 Å². The van der Waals surface area contributed by atoms with Gasteiger partial charge in [0.05, 0.1) is 0 Å². The molecule has 0 saturated heterocycles. The van der Waals surface area contributed by atoms with Gasteiger partial charge in [0.2, 0.25) is 0 Å². The van der Waals surface area contributed by atoms with Crippen molar-refractivity contribution in [2.24, 2.45) is 17.3 Å². The minimum atomic E-state index is -0.121. The molecule has 2 fully saturated rings. The molecule has 2 aliphatic rings. The molecular weight excluding hydrogens is 244 g/mol. The lowest BCUT2D eigenvalue weighted by Gasteiger charge is -2.44. The first-order valence-electron chi connectivity index (χ1n) is 7.87. The Morgan fingerprint density at radius 2 is 1.90 bits per heavy atom. The van der Waals surface area contributed by atoms with E-state index in [1.165, 1.54) is 17.6 Å². The number of allylic oxidation sites excluding steroid dienone is 1. The molecule has 0 aromatic heterocycles. The van der Waals surface area contributed by atoms with Gasteiger partial charge in [0.15, 0.2) is 0 Å². The third kappa shape index (κ3) is 2.13. The van der Waals surface area contributed by atoms with E-state index in [1.54, 1.807) is 0 Å². The number of carbonyl (C=O) groups excluding carboxylic acids is 1. The van der Waals surface area contributed by atoms with Gasteiger partial charge in [0, 0.05) is 11.8 Å². The maximum Gasteiger partial charge on any atom is 0.139 e. The van der Waals surface area contributed by atoms with Crippen molar-refractivity contribution in [3.63, 3.8) is 0 Å². The molecule has 0 amide bonds. The van der Waals surface area contributed by atoms with Crippen molar-refractivity contribution in [1.82, 2.24) is 0 Å². The van der Waals surface area contributed by atoms with Gasteiger partial charge in [-0.1, -0.05) is 49.4 Å². The third-order valence-electron chi connectivity index (χ3n) is 5.76. The van der Waals surface area contributed by atoms with Crippen LogP contribution in [0.4, 0.5) is 0 Å². The number of Topliss-reactive ketones (excluding diaryl/α,β-unsaturated/α-hetero) is 1. The van der Waals surface area contributed by atoms with Gasteiger partial charge in [0.25, 0.3) is 0 Å². The number of hydrogen-bond acceptors (Lipinski definition) is 1. The molecule has 20 heavy (non-hydrogen) atoms. The van der Waals surface area contributed by atoms with Gasteiger partial charge in [-0.3, -0.25) is 4.79 Å². The first-order chi connectivity index (χ1) is 9.62. The zero-order valence-corrected chi connectivity index (χ0v) is 12.4. The van der Waals surface area contributed by atoms with Crippen molar-refractivity contribution < 1.29 is 4.79 Å². The van der Waals surface area contributed by atoms with Crippen LogP contribution in [0.3, 0.4) is 0 Å². The fourth-order valence-corrected chi connectivity index (χ4v) is 4.44. The molecule has 2 saturated carbocycles. The highest BCUT2D eigenvalue weighted by atomic mass is 16.1. The van der Waals surface area contributed by atoms with Crippen molar-refractivity contribution in [2.45, 2.75) is 45.4 Å². The van der Waals surface area contributed by atoms with Crippen LogP contribution in [0.15, 0.2) is 42.5 Å². The molecule has 106 valence electrons. The third-order valence-corrected chi connectivity index (χ3v) is 5.76. The topological polar surface area (TPSA) is 17.1 Å². The van der Waals surface area contributed by atoms with E-state index in [2.05, 4.69) is 43.8 Å². The molecule has 0 N–H and O–H groups in total. The molecular formula is C19H24O. The van der Waals surface area contributed by atoms with Gasteiger partial charge < -0.3 is 0 Å². The summed E-state index contributed by atoms with van der Waals surface area (Å²) < 4.78 is 0. The van der Waals surface area contributed by atoms with Gasteiger partial charge >= 0.3 is 0 Å². The second-order valence-electron chi connectivity index (χ2n) is 6.72. The van der Waals surface area contributed by atoms with E-state index in [0.717, 1.165) is 32.1 Å². The smallest absolute Gasteiger partial charge is 0.139 e. The Morgan fingerprint density at radius 1 is 1.20 bits per heavy atom. The summed E-state index contributed by atoms with van der Waals surface area (Å²) in [6.07, 6.45) is 6.30. The van der Waals surface area contributed by atoms with Crippen LogP contribution in [0, 0.1) is 17.3 Å². The average molecular weight is 268 g/mol. The predicted octanol–water partition coefficient (Wildman–Crippen LogP) is 4.57. The summed E-state index contributed by atoms with van der Waals surface area (Å²) in [5, 5.41) is 0. The summed E-state index contributed by atoms with van der Waals surface area (Å²) in [4.78, 5) is 12.5. The van der Waals surface area contributed by atoms with Crippen LogP contribution in [-0.2, 0) is 11.2 Å². The Labute approximate surface area is 122 Å². The lowest BCUT2D eigenvalue weighted by molar-refractivity contribution is -0.129. The fourth-order valence-electron chi connectivity index (χ4n) is 4.44. The summed E-state index contributed by atoms with van der Waals surface area (Å²) in [6.45, 7) is 6.51. The van der Waals surface area contributed by atoms with Gasteiger partial charge in [-0.15, -0.1) is 0 Å². The lowest BCUT2D eigenvalue weighted by Crippen LogP contribution is -2.41. The molecule has 0 radical (unpaired) electrons. The van der Waals surface area contributed by atoms with E-state index in [4.69, 9.17) is 0 Å². The van der Waals surface area contributed by atoms with Crippen molar-refractivity contribution in [3.8, 4) is 0 Å². The summed E-state index contributed by atoms with van der Waals surface area (Å²) in [7, 11) is 0. The number of carbonyl (C=O) groups is 1. The van der Waals surface area contributed by atoms with Gasteiger partial charge in [-0.05, 0) is 49.5 Å². The van der Waals surface area contributed by atoms with E-state index in [-0.39, 0.29) is 5.41 Å². The zero-order valence-electron chi connectivity index (χ0n) is 12.4. The van der Waals surface area contributed by atoms with Gasteiger partial charge in [0.1, 0.15) is 5.78 Å². The van der Waals surface area contributed by atoms with E-state index < -0.39 is 0 Å². The highest BCUT2D eigenvalue weighted by Gasteiger charge is 2.53. The molecule has 0 spiro atoms. The van der Waals surface area contributed by atoms with E-state index in [9.17, 15) is 4.79 Å². The average Bonchev–Trinajstić information content (AvgIpc) is 2.75. The van der Waals surface area contributed by atoms with Crippen LogP contribution >= 0.6 is 0 Å². The molecule has 0 heterocycles. The van der Waals surface area contributed by atoms with Crippen LogP contribution in [-0.4, -0.2) is 5.78 Å². The Bertz CT molecular complexity index is 516. The lowest BCUT2D eigenvalue weighted by atomic mass is 9.59. The van der Waals surface area contributed by atoms with Gasteiger partial charge in [-0.2, -0.15) is 0 Å². The molecule has 1 heteroatoms. The monoisotopic (exact) mass is 268 g/mol. The SMILES string of the molecule is C=C1CC[C@@H]2CCC(=O)[C@]2(C)[C@H]1CCc1ccccc1. The molecule has 0 unspecified atom stereocenters. The summed E-state index contributed by atoms with van der Waals surface area (Å²) >= 11 is 0. The molecule has 2 aliphatic carbocycles. The fraction of sp³-hybridized carbons (Fsp3) is 0.526. The minimum Gasteiger partial charge on any atom is -0.299 e. The van der Waals surface area contributed by atoms with Crippen LogP contribution in [0.5, 0.6) is 0 Å². The van der Waals surface area contributed by atoms with Crippen LogP contribution in [0.25, 0.3) is 0 Å². The van der Waals surface area contributed by atoms with Crippen LogP contribution < -0.4 is 0 Å². The van der Waals surface area contributed by atoms with E-state index in [0.29, 0.717) is 17.6 Å². The number of benzene rings is 1. The number of rotatable bonds is 3. The van der Waals surface area contributed by atoms with Gasteiger partial charge in [-0.25, -0.2) is 0 Å². The Kier molecular flexibility index (Phi) is 3.54. The van der Waals surface area contributed by atoms with Crippen LogP contribution in [0.1, 0.15) is 44.6 Å². The summed E-state index contributed by atoms with van der Waals surface area (Å²) in [5.41, 5.74) is 2.57. The Hall–Kier alpha value is -1.37. The molecule has 1 aromatic carbocycles. The normalized spacial score (nSPS) is 33.2. The summed E-state index contributed by atoms with van der Waals surface area (Å²) in [6, 6.07) is 10.6. The van der Waals surface area contributed by atoms with Crippen molar-refractivity contribution in [3.05, 3.63) is 48.0 Å². The number of fused-ring (bicyclic) bond motifs is 1. The van der Waals surface area contributed by atoms with E-state index in [1.807, 2.05) is 0 Å². The predicted molar refractivity (Wildman–Crippen MR) is 82.5 cm³/mol. The number of hydrogen-bond donors (Lipinski definition) is 0. The molecule has 1 aromatic rings. The number of aryl methyl sites for hydroxylation is 1. The molecule has 1 nitrogen and oxygen atoms in total. The first-order valence-corrected chi connectivity index (χ1v) is 7.87. The molecule has 0 bridgehead atoms. The second kappa shape index (κ2) is 5.20. The number of ketones is 1.